The van der Waals surface area contributed by atoms with E-state index in [4.69, 9.17) is 0 Å². The molecule has 6 nitrogen and oxygen atoms in total. The van der Waals surface area contributed by atoms with Crippen LogP contribution in [0.5, 0.6) is 0 Å². The Morgan fingerprint density at radius 1 is 1.00 bits per heavy atom. The lowest BCUT2D eigenvalue weighted by atomic mass is 9.77. The molecule has 1 saturated heterocycles. The Bertz CT molecular complexity index is 713. The van der Waals surface area contributed by atoms with Gasteiger partial charge in [-0.1, -0.05) is 31.0 Å². The third-order valence-corrected chi connectivity index (χ3v) is 6.01. The molecule has 2 unspecified atom stereocenters. The number of amides is 3. The Hall–Kier alpha value is -2.37. The Labute approximate surface area is 167 Å². The molecule has 3 amide bonds. The maximum Gasteiger partial charge on any atom is 0.228 e. The predicted octanol–water partition coefficient (Wildman–Crippen LogP) is 2.73. The van der Waals surface area contributed by atoms with Crippen LogP contribution < -0.4 is 10.6 Å². The van der Waals surface area contributed by atoms with E-state index < -0.39 is 0 Å². The largest absolute Gasteiger partial charge is 0.359 e. The van der Waals surface area contributed by atoms with Crippen LogP contribution in [0.2, 0.25) is 0 Å². The van der Waals surface area contributed by atoms with Crippen LogP contribution in [0.25, 0.3) is 0 Å². The summed E-state index contributed by atoms with van der Waals surface area (Å²) in [5.74, 6) is -0.404. The molecule has 1 saturated carbocycles. The van der Waals surface area contributed by atoms with Gasteiger partial charge >= 0.3 is 0 Å². The van der Waals surface area contributed by atoms with E-state index in [2.05, 4.69) is 10.6 Å². The second-order valence-corrected chi connectivity index (χ2v) is 7.85. The van der Waals surface area contributed by atoms with Crippen molar-refractivity contribution >= 4 is 23.4 Å². The molecule has 2 atom stereocenters. The summed E-state index contributed by atoms with van der Waals surface area (Å²) < 4.78 is 0. The summed E-state index contributed by atoms with van der Waals surface area (Å²) in [5.41, 5.74) is 1.69. The SMILES string of the molecule is CNC(=O)CCc1ccccc1NC(=O)C1CCCCC1C(=O)N1CCCC1. The van der Waals surface area contributed by atoms with Crippen molar-refractivity contribution in [3.8, 4) is 0 Å². The molecule has 152 valence electrons. The number of rotatable bonds is 6. The van der Waals surface area contributed by atoms with Crippen molar-refractivity contribution in [3.63, 3.8) is 0 Å². The molecule has 1 aromatic rings. The van der Waals surface area contributed by atoms with E-state index in [1.165, 1.54) is 0 Å². The number of benzene rings is 1. The highest BCUT2D eigenvalue weighted by Gasteiger charge is 2.38. The molecule has 0 aromatic heterocycles. The number of para-hydroxylation sites is 1. The van der Waals surface area contributed by atoms with Gasteiger partial charge in [0.25, 0.3) is 0 Å². The molecular formula is C22H31N3O3. The summed E-state index contributed by atoms with van der Waals surface area (Å²) in [4.78, 5) is 39.5. The highest BCUT2D eigenvalue weighted by Crippen LogP contribution is 2.33. The van der Waals surface area contributed by atoms with Crippen LogP contribution in [-0.4, -0.2) is 42.8 Å². The standard InChI is InChI=1S/C22H31N3O3/c1-23-20(26)13-12-16-8-2-5-11-19(16)24-21(27)17-9-3-4-10-18(17)22(28)25-14-6-7-15-25/h2,5,8,11,17-18H,3-4,6-7,9-10,12-15H2,1H3,(H,23,26)(H,24,27). The van der Waals surface area contributed by atoms with Gasteiger partial charge in [0.05, 0.1) is 0 Å². The summed E-state index contributed by atoms with van der Waals surface area (Å²) in [7, 11) is 1.62. The van der Waals surface area contributed by atoms with E-state index in [-0.39, 0.29) is 29.6 Å². The fraction of sp³-hybridized carbons (Fsp3) is 0.591. The number of nitrogens with zero attached hydrogens (tertiary/aromatic N) is 1. The number of carbonyl (C=O) groups excluding carboxylic acids is 3. The summed E-state index contributed by atoms with van der Waals surface area (Å²) in [6.45, 7) is 1.65. The minimum atomic E-state index is -0.270. The molecular weight excluding hydrogens is 354 g/mol. The van der Waals surface area contributed by atoms with E-state index >= 15 is 0 Å². The van der Waals surface area contributed by atoms with Gasteiger partial charge in [-0.05, 0) is 43.7 Å². The number of aryl methyl sites for hydroxylation is 1. The lowest BCUT2D eigenvalue weighted by Crippen LogP contribution is -2.42. The molecule has 3 rings (SSSR count). The average Bonchev–Trinajstić information content (AvgIpc) is 3.27. The van der Waals surface area contributed by atoms with E-state index in [1.54, 1.807) is 7.05 Å². The molecule has 1 heterocycles. The van der Waals surface area contributed by atoms with Crippen molar-refractivity contribution in [3.05, 3.63) is 29.8 Å². The first-order chi connectivity index (χ1) is 13.6. The zero-order valence-electron chi connectivity index (χ0n) is 16.7. The average molecular weight is 386 g/mol. The quantitative estimate of drug-likeness (QED) is 0.790. The van der Waals surface area contributed by atoms with Crippen molar-refractivity contribution in [2.75, 3.05) is 25.5 Å². The van der Waals surface area contributed by atoms with Crippen molar-refractivity contribution in [2.45, 2.75) is 51.4 Å². The first-order valence-electron chi connectivity index (χ1n) is 10.5. The number of carbonyl (C=O) groups is 3. The van der Waals surface area contributed by atoms with Crippen molar-refractivity contribution < 1.29 is 14.4 Å². The van der Waals surface area contributed by atoms with Crippen LogP contribution >= 0.6 is 0 Å². The zero-order chi connectivity index (χ0) is 19.9. The van der Waals surface area contributed by atoms with Crippen LogP contribution in [-0.2, 0) is 20.8 Å². The first-order valence-corrected chi connectivity index (χ1v) is 10.5. The van der Waals surface area contributed by atoms with Gasteiger partial charge in [0.1, 0.15) is 0 Å². The minimum absolute atomic E-state index is 0.0234. The summed E-state index contributed by atoms with van der Waals surface area (Å²) in [5, 5.41) is 5.68. The van der Waals surface area contributed by atoms with Crippen LogP contribution in [0.4, 0.5) is 5.69 Å². The normalized spacial score (nSPS) is 22.0. The van der Waals surface area contributed by atoms with E-state index in [0.29, 0.717) is 12.8 Å². The third kappa shape index (κ3) is 4.91. The number of likely N-dealkylation sites (tertiary alicyclic amines) is 1. The van der Waals surface area contributed by atoms with Crippen molar-refractivity contribution in [2.24, 2.45) is 11.8 Å². The Kier molecular flexibility index (Phi) is 7.06. The van der Waals surface area contributed by atoms with Gasteiger partial charge in [-0.15, -0.1) is 0 Å². The third-order valence-electron chi connectivity index (χ3n) is 6.01. The number of anilines is 1. The fourth-order valence-corrected chi connectivity index (χ4v) is 4.37. The summed E-state index contributed by atoms with van der Waals surface area (Å²) in [6, 6.07) is 7.60. The highest BCUT2D eigenvalue weighted by atomic mass is 16.2. The van der Waals surface area contributed by atoms with E-state index in [1.807, 2.05) is 29.2 Å². The maximum atomic E-state index is 13.1. The monoisotopic (exact) mass is 385 g/mol. The predicted molar refractivity (Wildman–Crippen MR) is 109 cm³/mol. The van der Waals surface area contributed by atoms with Gasteiger partial charge in [0, 0.05) is 44.1 Å². The molecule has 2 fully saturated rings. The van der Waals surface area contributed by atoms with Gasteiger partial charge in [-0.2, -0.15) is 0 Å². The smallest absolute Gasteiger partial charge is 0.228 e. The maximum absolute atomic E-state index is 13.1. The summed E-state index contributed by atoms with van der Waals surface area (Å²) >= 11 is 0. The molecule has 1 aromatic carbocycles. The van der Waals surface area contributed by atoms with Gasteiger partial charge in [0.2, 0.25) is 17.7 Å². The Balaban J connectivity index is 1.68. The van der Waals surface area contributed by atoms with Gasteiger partial charge in [-0.3, -0.25) is 14.4 Å². The molecule has 1 aliphatic carbocycles. The van der Waals surface area contributed by atoms with Crippen LogP contribution in [0.15, 0.2) is 24.3 Å². The van der Waals surface area contributed by atoms with Gasteiger partial charge in [0.15, 0.2) is 0 Å². The molecule has 0 spiro atoms. The van der Waals surface area contributed by atoms with E-state index in [9.17, 15) is 14.4 Å². The first kappa shape index (κ1) is 20.4. The van der Waals surface area contributed by atoms with Crippen LogP contribution in [0.3, 0.4) is 0 Å². The molecule has 0 radical (unpaired) electrons. The molecule has 1 aliphatic heterocycles. The topological polar surface area (TPSA) is 78.5 Å². The number of hydrogen-bond acceptors (Lipinski definition) is 3. The van der Waals surface area contributed by atoms with Crippen molar-refractivity contribution in [1.29, 1.82) is 0 Å². The molecule has 6 heteroatoms. The van der Waals surface area contributed by atoms with Crippen molar-refractivity contribution in [1.82, 2.24) is 10.2 Å². The molecule has 2 N–H and O–H groups in total. The van der Waals surface area contributed by atoms with Crippen LogP contribution in [0.1, 0.15) is 50.5 Å². The number of nitrogens with one attached hydrogen (secondary N) is 2. The van der Waals surface area contributed by atoms with Crippen LogP contribution in [0, 0.1) is 11.8 Å². The molecule has 2 aliphatic rings. The second-order valence-electron chi connectivity index (χ2n) is 7.85. The van der Waals surface area contributed by atoms with Gasteiger partial charge < -0.3 is 15.5 Å². The second kappa shape index (κ2) is 9.71. The lowest BCUT2D eigenvalue weighted by Gasteiger charge is -2.32. The fourth-order valence-electron chi connectivity index (χ4n) is 4.37. The minimum Gasteiger partial charge on any atom is -0.359 e. The molecule has 0 bridgehead atoms. The molecule has 28 heavy (non-hydrogen) atoms. The Morgan fingerprint density at radius 2 is 1.68 bits per heavy atom. The summed E-state index contributed by atoms with van der Waals surface area (Å²) in [6.07, 6.45) is 6.63. The highest BCUT2D eigenvalue weighted by molar-refractivity contribution is 5.96. The van der Waals surface area contributed by atoms with Gasteiger partial charge in [-0.25, -0.2) is 0 Å². The number of hydrogen-bond donors (Lipinski definition) is 2. The zero-order valence-corrected chi connectivity index (χ0v) is 16.7. The lowest BCUT2D eigenvalue weighted by molar-refractivity contribution is -0.141. The Morgan fingerprint density at radius 3 is 2.39 bits per heavy atom. The van der Waals surface area contributed by atoms with E-state index in [0.717, 1.165) is 62.9 Å².